The molecule has 0 saturated carbocycles. The maximum Gasteiger partial charge on any atom is 0.143 e. The Bertz CT molecular complexity index is 630. The smallest absolute Gasteiger partial charge is 0.143 e. The number of halogens is 1. The topological polar surface area (TPSA) is 38.5 Å². The van der Waals surface area contributed by atoms with E-state index in [0.29, 0.717) is 24.3 Å². The third-order valence-electron chi connectivity index (χ3n) is 3.45. The Labute approximate surface area is 117 Å². The maximum absolute atomic E-state index is 13.8. The van der Waals surface area contributed by atoms with Gasteiger partial charge in [-0.3, -0.25) is 0 Å². The van der Waals surface area contributed by atoms with Crippen LogP contribution in [0.25, 0.3) is 0 Å². The molecule has 2 aromatic rings. The van der Waals surface area contributed by atoms with Gasteiger partial charge in [0.25, 0.3) is 0 Å². The SMILES string of the molecule is CC1CN(Cc2ccccc2F)c2cc(N)ccc2O1. The van der Waals surface area contributed by atoms with E-state index in [4.69, 9.17) is 10.5 Å². The lowest BCUT2D eigenvalue weighted by molar-refractivity contribution is 0.212. The largest absolute Gasteiger partial charge is 0.487 e. The number of anilines is 2. The average Bonchev–Trinajstić information content (AvgIpc) is 2.42. The summed E-state index contributed by atoms with van der Waals surface area (Å²) in [5.41, 5.74) is 8.13. The summed E-state index contributed by atoms with van der Waals surface area (Å²) in [6.45, 7) is 3.23. The number of nitrogens with two attached hydrogens (primary N) is 1. The minimum absolute atomic E-state index is 0.0675. The van der Waals surface area contributed by atoms with E-state index in [0.717, 1.165) is 11.4 Å². The first kappa shape index (κ1) is 12.8. The molecule has 1 unspecified atom stereocenters. The molecular formula is C16H17FN2O. The molecule has 1 heterocycles. The minimum Gasteiger partial charge on any atom is -0.487 e. The zero-order valence-corrected chi connectivity index (χ0v) is 11.3. The first-order valence-corrected chi connectivity index (χ1v) is 6.68. The van der Waals surface area contributed by atoms with E-state index in [-0.39, 0.29) is 11.9 Å². The van der Waals surface area contributed by atoms with Crippen LogP contribution in [0.4, 0.5) is 15.8 Å². The van der Waals surface area contributed by atoms with Gasteiger partial charge < -0.3 is 15.4 Å². The predicted molar refractivity (Wildman–Crippen MR) is 78.4 cm³/mol. The number of fused-ring (bicyclic) bond motifs is 1. The number of nitrogen functional groups attached to an aromatic ring is 1. The van der Waals surface area contributed by atoms with Gasteiger partial charge in [0.1, 0.15) is 17.7 Å². The lowest BCUT2D eigenvalue weighted by Gasteiger charge is -2.35. The van der Waals surface area contributed by atoms with E-state index in [1.54, 1.807) is 12.1 Å². The minimum atomic E-state index is -0.183. The molecule has 2 N–H and O–H groups in total. The number of rotatable bonds is 2. The Hall–Kier alpha value is -2.23. The number of hydrogen-bond acceptors (Lipinski definition) is 3. The van der Waals surface area contributed by atoms with Crippen molar-refractivity contribution in [3.8, 4) is 5.75 Å². The molecule has 104 valence electrons. The van der Waals surface area contributed by atoms with Crippen LogP contribution in [-0.4, -0.2) is 12.6 Å². The first-order valence-electron chi connectivity index (χ1n) is 6.68. The van der Waals surface area contributed by atoms with Crippen LogP contribution >= 0.6 is 0 Å². The zero-order chi connectivity index (χ0) is 14.1. The van der Waals surface area contributed by atoms with Crippen molar-refractivity contribution < 1.29 is 9.13 Å². The van der Waals surface area contributed by atoms with Gasteiger partial charge in [-0.05, 0) is 31.2 Å². The molecule has 0 aliphatic carbocycles. The van der Waals surface area contributed by atoms with E-state index in [9.17, 15) is 4.39 Å². The van der Waals surface area contributed by atoms with E-state index in [1.165, 1.54) is 6.07 Å². The van der Waals surface area contributed by atoms with Gasteiger partial charge in [0.2, 0.25) is 0 Å². The fourth-order valence-corrected chi connectivity index (χ4v) is 2.53. The van der Waals surface area contributed by atoms with Crippen LogP contribution in [0.1, 0.15) is 12.5 Å². The zero-order valence-electron chi connectivity index (χ0n) is 11.3. The van der Waals surface area contributed by atoms with Crippen molar-refractivity contribution >= 4 is 11.4 Å². The molecule has 0 aromatic heterocycles. The molecule has 0 spiro atoms. The van der Waals surface area contributed by atoms with Gasteiger partial charge in [0, 0.05) is 17.8 Å². The molecule has 0 bridgehead atoms. The molecule has 0 amide bonds. The molecule has 1 aliphatic rings. The molecule has 4 heteroatoms. The van der Waals surface area contributed by atoms with Crippen molar-refractivity contribution in [3.63, 3.8) is 0 Å². The third kappa shape index (κ3) is 2.41. The highest BCUT2D eigenvalue weighted by molar-refractivity contribution is 5.66. The van der Waals surface area contributed by atoms with Crippen LogP contribution in [0.2, 0.25) is 0 Å². The van der Waals surface area contributed by atoms with Crippen molar-refractivity contribution in [1.29, 1.82) is 0 Å². The Balaban J connectivity index is 1.94. The highest BCUT2D eigenvalue weighted by atomic mass is 19.1. The monoisotopic (exact) mass is 272 g/mol. The van der Waals surface area contributed by atoms with E-state index in [2.05, 4.69) is 4.90 Å². The Morgan fingerprint density at radius 2 is 2.10 bits per heavy atom. The lowest BCUT2D eigenvalue weighted by Crippen LogP contribution is -2.38. The van der Waals surface area contributed by atoms with Crippen LogP contribution in [0.5, 0.6) is 5.75 Å². The lowest BCUT2D eigenvalue weighted by atomic mass is 10.1. The molecule has 3 rings (SSSR count). The molecule has 3 nitrogen and oxygen atoms in total. The summed E-state index contributed by atoms with van der Waals surface area (Å²) >= 11 is 0. The summed E-state index contributed by atoms with van der Waals surface area (Å²) in [6.07, 6.45) is 0.0675. The van der Waals surface area contributed by atoms with Gasteiger partial charge >= 0.3 is 0 Å². The number of ether oxygens (including phenoxy) is 1. The van der Waals surface area contributed by atoms with Gasteiger partial charge in [0.05, 0.1) is 12.2 Å². The predicted octanol–water partition coefficient (Wildman–Crippen LogP) is 3.20. The highest BCUT2D eigenvalue weighted by Gasteiger charge is 2.23. The molecular weight excluding hydrogens is 255 g/mol. The maximum atomic E-state index is 13.8. The van der Waals surface area contributed by atoms with E-state index < -0.39 is 0 Å². The summed E-state index contributed by atoms with van der Waals surface area (Å²) in [4.78, 5) is 2.11. The normalized spacial score (nSPS) is 17.5. The Morgan fingerprint density at radius 3 is 2.90 bits per heavy atom. The van der Waals surface area contributed by atoms with Crippen molar-refractivity contribution in [1.82, 2.24) is 0 Å². The Kier molecular flexibility index (Phi) is 3.22. The van der Waals surface area contributed by atoms with Crippen LogP contribution in [0, 0.1) is 5.82 Å². The number of nitrogens with zero attached hydrogens (tertiary/aromatic N) is 1. The second-order valence-electron chi connectivity index (χ2n) is 5.13. The summed E-state index contributed by atoms with van der Waals surface area (Å²) in [6, 6.07) is 12.4. The summed E-state index contributed by atoms with van der Waals surface area (Å²) < 4.78 is 19.6. The quantitative estimate of drug-likeness (QED) is 0.853. The molecule has 20 heavy (non-hydrogen) atoms. The summed E-state index contributed by atoms with van der Waals surface area (Å²) in [5.74, 6) is 0.617. The highest BCUT2D eigenvalue weighted by Crippen LogP contribution is 2.36. The van der Waals surface area contributed by atoms with Crippen LogP contribution in [0.3, 0.4) is 0 Å². The second-order valence-corrected chi connectivity index (χ2v) is 5.13. The molecule has 2 aromatic carbocycles. The molecule has 1 atom stereocenters. The van der Waals surface area contributed by atoms with Crippen molar-refractivity contribution in [3.05, 3.63) is 53.8 Å². The van der Waals surface area contributed by atoms with Gasteiger partial charge in [-0.25, -0.2) is 4.39 Å². The van der Waals surface area contributed by atoms with Crippen LogP contribution in [0.15, 0.2) is 42.5 Å². The molecule has 0 radical (unpaired) electrons. The van der Waals surface area contributed by atoms with Crippen molar-refractivity contribution in [2.24, 2.45) is 0 Å². The standard InChI is InChI=1S/C16H17FN2O/c1-11-9-19(10-12-4-2-3-5-14(12)17)15-8-13(18)6-7-16(15)20-11/h2-8,11H,9-10,18H2,1H3. The van der Waals surface area contributed by atoms with Gasteiger partial charge in [-0.1, -0.05) is 18.2 Å². The second kappa shape index (κ2) is 5.04. The fourth-order valence-electron chi connectivity index (χ4n) is 2.53. The Morgan fingerprint density at radius 1 is 1.30 bits per heavy atom. The third-order valence-corrected chi connectivity index (χ3v) is 3.45. The van der Waals surface area contributed by atoms with Crippen LogP contribution in [-0.2, 0) is 6.54 Å². The van der Waals surface area contributed by atoms with Gasteiger partial charge in [-0.2, -0.15) is 0 Å². The number of hydrogen-bond donors (Lipinski definition) is 1. The average molecular weight is 272 g/mol. The molecule has 1 aliphatic heterocycles. The molecule has 0 fully saturated rings. The van der Waals surface area contributed by atoms with Crippen LogP contribution < -0.4 is 15.4 Å². The van der Waals surface area contributed by atoms with Crippen molar-refractivity contribution in [2.75, 3.05) is 17.2 Å². The van der Waals surface area contributed by atoms with E-state index >= 15 is 0 Å². The van der Waals surface area contributed by atoms with Gasteiger partial charge in [-0.15, -0.1) is 0 Å². The first-order chi connectivity index (χ1) is 9.63. The summed E-state index contributed by atoms with van der Waals surface area (Å²) in [5, 5.41) is 0. The number of benzene rings is 2. The van der Waals surface area contributed by atoms with Crippen molar-refractivity contribution in [2.45, 2.75) is 19.6 Å². The molecule has 0 saturated heterocycles. The van der Waals surface area contributed by atoms with Gasteiger partial charge in [0.15, 0.2) is 0 Å². The summed E-state index contributed by atoms with van der Waals surface area (Å²) in [7, 11) is 0. The van der Waals surface area contributed by atoms with E-state index in [1.807, 2.05) is 31.2 Å². The fraction of sp³-hybridized carbons (Fsp3) is 0.250.